The fraction of sp³-hybridized carbons (Fsp3) is 0.286. The molecule has 10 nitrogen and oxygen atoms in total. The fourth-order valence-corrected chi connectivity index (χ4v) is 5.17. The fourth-order valence-electron chi connectivity index (χ4n) is 4.94. The number of carbonyl (C=O) groups is 1. The average molecular weight is 451 g/mol. The third kappa shape index (κ3) is 2.90. The first-order valence-electron chi connectivity index (χ1n) is 10.3. The van der Waals surface area contributed by atoms with E-state index in [-0.39, 0.29) is 23.8 Å². The van der Waals surface area contributed by atoms with Gasteiger partial charge in [-0.2, -0.15) is 0 Å². The van der Waals surface area contributed by atoms with Crippen LogP contribution >= 0.6 is 11.6 Å². The predicted molar refractivity (Wildman–Crippen MR) is 118 cm³/mol. The van der Waals surface area contributed by atoms with Crippen LogP contribution < -0.4 is 16.0 Å². The van der Waals surface area contributed by atoms with Gasteiger partial charge in [-0.25, -0.2) is 4.98 Å². The molecule has 3 atom stereocenters. The molecule has 1 saturated carbocycles. The highest BCUT2D eigenvalue weighted by Gasteiger charge is 2.48. The number of fused-ring (bicyclic) bond motifs is 3. The number of nitrogens with one attached hydrogen (secondary N) is 1. The van der Waals surface area contributed by atoms with Crippen LogP contribution in [0.1, 0.15) is 23.2 Å². The van der Waals surface area contributed by atoms with Crippen molar-refractivity contribution in [3.63, 3.8) is 0 Å². The summed E-state index contributed by atoms with van der Waals surface area (Å²) in [6.45, 7) is 0.770. The Bertz CT molecular complexity index is 1300. The molecular formula is C21H19ClN8O2. The highest BCUT2D eigenvalue weighted by molar-refractivity contribution is 6.36. The lowest BCUT2D eigenvalue weighted by atomic mass is 10.1. The summed E-state index contributed by atoms with van der Waals surface area (Å²) < 4.78 is 7.23. The van der Waals surface area contributed by atoms with Crippen molar-refractivity contribution >= 4 is 40.1 Å². The van der Waals surface area contributed by atoms with Crippen molar-refractivity contribution in [1.29, 1.82) is 0 Å². The van der Waals surface area contributed by atoms with Crippen LogP contribution in [-0.2, 0) is 0 Å². The maximum Gasteiger partial charge on any atom is 0.251 e. The van der Waals surface area contributed by atoms with Crippen molar-refractivity contribution in [3.8, 4) is 5.69 Å². The Morgan fingerprint density at radius 2 is 1.97 bits per heavy atom. The Morgan fingerprint density at radius 1 is 1.19 bits per heavy atom. The maximum atomic E-state index is 13.0. The lowest BCUT2D eigenvalue weighted by Gasteiger charge is -2.28. The van der Waals surface area contributed by atoms with Crippen LogP contribution in [0, 0.1) is 5.92 Å². The standard InChI is InChI=1S/C21H19ClN8O2/c22-14-7-24-20(18-16(14)19(23)28-32-18)30-8-12-3-6-15(30)17(12)27-21(31)11-1-4-13(5-2-11)29-9-25-26-10-29/h1-2,4-5,7,9-10,12,15,17H,3,6,8H2,(H2,23,28)(H,27,31)/t12-,15-,17+/m0/s1. The first kappa shape index (κ1) is 19.1. The molecule has 2 fully saturated rings. The molecule has 11 heteroatoms. The number of hydrogen-bond acceptors (Lipinski definition) is 8. The molecule has 1 saturated heterocycles. The van der Waals surface area contributed by atoms with Gasteiger partial charge in [-0.15, -0.1) is 10.2 Å². The topological polar surface area (TPSA) is 128 Å². The van der Waals surface area contributed by atoms with Crippen molar-refractivity contribution in [3.05, 3.63) is 53.7 Å². The molecule has 1 aliphatic heterocycles. The number of hydrogen-bond donors (Lipinski definition) is 2. The van der Waals surface area contributed by atoms with E-state index in [1.165, 1.54) is 0 Å². The smallest absolute Gasteiger partial charge is 0.251 e. The molecule has 0 radical (unpaired) electrons. The second-order valence-electron chi connectivity index (χ2n) is 8.17. The largest absolute Gasteiger partial charge is 0.380 e. The first-order valence-corrected chi connectivity index (χ1v) is 10.7. The molecule has 32 heavy (non-hydrogen) atoms. The van der Waals surface area contributed by atoms with Gasteiger partial charge in [-0.3, -0.25) is 9.36 Å². The van der Waals surface area contributed by atoms with Gasteiger partial charge < -0.3 is 20.5 Å². The van der Waals surface area contributed by atoms with E-state index < -0.39 is 0 Å². The first-order chi connectivity index (χ1) is 15.6. The van der Waals surface area contributed by atoms with E-state index in [4.69, 9.17) is 21.9 Å². The lowest BCUT2D eigenvalue weighted by Crippen LogP contribution is -2.44. The summed E-state index contributed by atoms with van der Waals surface area (Å²) >= 11 is 6.24. The normalized spacial score (nSPS) is 22.0. The van der Waals surface area contributed by atoms with Crippen LogP contribution in [-0.4, -0.2) is 49.4 Å². The van der Waals surface area contributed by atoms with Crippen LogP contribution in [0.5, 0.6) is 0 Å². The molecule has 1 amide bonds. The third-order valence-electron chi connectivity index (χ3n) is 6.46. The zero-order valence-electron chi connectivity index (χ0n) is 16.8. The molecule has 6 rings (SSSR count). The van der Waals surface area contributed by atoms with Gasteiger partial charge in [-0.05, 0) is 43.0 Å². The highest BCUT2D eigenvalue weighted by atomic mass is 35.5. The number of anilines is 2. The van der Waals surface area contributed by atoms with E-state index in [9.17, 15) is 4.79 Å². The van der Waals surface area contributed by atoms with Gasteiger partial charge in [0.2, 0.25) is 5.58 Å². The Hall–Kier alpha value is -3.66. The van der Waals surface area contributed by atoms with Crippen LogP contribution in [0.3, 0.4) is 0 Å². The number of nitrogens with two attached hydrogens (primary N) is 1. The van der Waals surface area contributed by atoms with Crippen LogP contribution in [0.15, 0.2) is 47.6 Å². The third-order valence-corrected chi connectivity index (χ3v) is 6.75. The summed E-state index contributed by atoms with van der Waals surface area (Å²) in [7, 11) is 0. The van der Waals surface area contributed by atoms with Crippen molar-refractivity contribution in [2.24, 2.45) is 5.92 Å². The van der Waals surface area contributed by atoms with Crippen LogP contribution in [0.2, 0.25) is 5.02 Å². The van der Waals surface area contributed by atoms with Crippen molar-refractivity contribution in [1.82, 2.24) is 30.2 Å². The molecule has 0 spiro atoms. The number of pyridine rings is 1. The molecule has 4 aromatic rings. The van der Waals surface area contributed by atoms with Gasteiger partial charge >= 0.3 is 0 Å². The summed E-state index contributed by atoms with van der Waals surface area (Å²) in [6, 6.07) is 7.49. The van der Waals surface area contributed by atoms with Gasteiger partial charge in [-0.1, -0.05) is 16.8 Å². The van der Waals surface area contributed by atoms with Gasteiger partial charge in [0.05, 0.1) is 22.5 Å². The van der Waals surface area contributed by atoms with Crippen LogP contribution in [0.4, 0.5) is 11.6 Å². The highest BCUT2D eigenvalue weighted by Crippen LogP contribution is 2.43. The quantitative estimate of drug-likeness (QED) is 0.485. The molecule has 1 aromatic carbocycles. The number of nitrogens with zero attached hydrogens (tertiary/aromatic N) is 6. The summed E-state index contributed by atoms with van der Waals surface area (Å²) in [5.41, 5.74) is 7.90. The van der Waals surface area contributed by atoms with E-state index in [1.807, 2.05) is 12.1 Å². The molecule has 2 bridgehead atoms. The zero-order valence-corrected chi connectivity index (χ0v) is 17.6. The number of nitrogen functional groups attached to an aromatic ring is 1. The Balaban J connectivity index is 1.23. The Morgan fingerprint density at radius 3 is 2.75 bits per heavy atom. The lowest BCUT2D eigenvalue weighted by molar-refractivity contribution is 0.0932. The SMILES string of the molecule is Nc1noc2c(N3C[C@@H]4CC[C@H]3[C@@H]4NC(=O)c3ccc(-n4cnnc4)cc3)ncc(Cl)c12. The summed E-state index contributed by atoms with van der Waals surface area (Å²) in [5.74, 6) is 1.14. The molecule has 3 N–H and O–H groups in total. The number of aromatic nitrogens is 5. The maximum absolute atomic E-state index is 13.0. The number of amides is 1. The molecule has 162 valence electrons. The average Bonchev–Trinajstić information content (AvgIpc) is 3.60. The number of rotatable bonds is 4. The number of halogens is 1. The van der Waals surface area contributed by atoms with Gasteiger partial charge in [0.1, 0.15) is 12.7 Å². The van der Waals surface area contributed by atoms with Crippen LogP contribution in [0.25, 0.3) is 16.7 Å². The minimum absolute atomic E-state index is 0.0211. The van der Waals surface area contributed by atoms with Gasteiger partial charge in [0, 0.05) is 24.0 Å². The molecule has 0 unspecified atom stereocenters. The predicted octanol–water partition coefficient (Wildman–Crippen LogP) is 2.44. The van der Waals surface area contributed by atoms with Gasteiger partial charge in [0.15, 0.2) is 11.6 Å². The second kappa shape index (κ2) is 7.20. The number of benzene rings is 1. The zero-order chi connectivity index (χ0) is 21.8. The summed E-state index contributed by atoms with van der Waals surface area (Å²) in [5, 5.41) is 15.7. The van der Waals surface area contributed by atoms with E-state index >= 15 is 0 Å². The number of piperidine rings is 1. The van der Waals surface area contributed by atoms with Crippen molar-refractivity contribution in [2.45, 2.75) is 24.9 Å². The minimum Gasteiger partial charge on any atom is -0.380 e. The van der Waals surface area contributed by atoms with Crippen molar-refractivity contribution < 1.29 is 9.32 Å². The number of carbonyl (C=O) groups excluding carboxylic acids is 1. The molecule has 1 aliphatic carbocycles. The summed E-state index contributed by atoms with van der Waals surface area (Å²) in [4.78, 5) is 19.7. The van der Waals surface area contributed by atoms with Gasteiger partial charge in [0.25, 0.3) is 5.91 Å². The van der Waals surface area contributed by atoms with E-state index in [2.05, 4.69) is 30.6 Å². The molecule has 2 aliphatic rings. The Kier molecular flexibility index (Phi) is 4.29. The monoisotopic (exact) mass is 450 g/mol. The molecular weight excluding hydrogens is 432 g/mol. The minimum atomic E-state index is -0.0952. The van der Waals surface area contributed by atoms with Crippen molar-refractivity contribution in [2.75, 3.05) is 17.2 Å². The second-order valence-corrected chi connectivity index (χ2v) is 8.58. The summed E-state index contributed by atoms with van der Waals surface area (Å²) in [6.07, 6.45) is 6.81. The molecule has 4 heterocycles. The Labute approximate surface area is 187 Å². The molecule has 3 aromatic heterocycles. The van der Waals surface area contributed by atoms with E-state index in [0.717, 1.165) is 25.1 Å². The van der Waals surface area contributed by atoms with E-state index in [0.29, 0.717) is 33.3 Å². The van der Waals surface area contributed by atoms with E-state index in [1.54, 1.807) is 35.6 Å².